The Morgan fingerprint density at radius 3 is 2.63 bits per heavy atom. The minimum atomic E-state index is -1.26. The van der Waals surface area contributed by atoms with Gasteiger partial charge in [-0.25, -0.2) is 9.18 Å². The first-order chi connectivity index (χ1) is 8.85. The molecule has 0 radical (unpaired) electrons. The highest BCUT2D eigenvalue weighted by molar-refractivity contribution is 5.74. The van der Waals surface area contributed by atoms with E-state index < -0.39 is 11.6 Å². The second-order valence-corrected chi connectivity index (χ2v) is 4.63. The van der Waals surface area contributed by atoms with Gasteiger partial charge in [-0.05, 0) is 31.5 Å². The van der Waals surface area contributed by atoms with Gasteiger partial charge in [-0.15, -0.1) is 6.58 Å². The molecule has 0 fully saturated rings. The van der Waals surface area contributed by atoms with Crippen molar-refractivity contribution in [2.24, 2.45) is 0 Å². The van der Waals surface area contributed by atoms with Gasteiger partial charge in [0.15, 0.2) is 0 Å². The number of halogens is 1. The molecule has 0 aliphatic rings. The van der Waals surface area contributed by atoms with Crippen LogP contribution in [0, 0.1) is 5.82 Å². The zero-order valence-corrected chi connectivity index (χ0v) is 11.1. The Labute approximate surface area is 112 Å². The summed E-state index contributed by atoms with van der Waals surface area (Å²) in [6.45, 7) is 6.91. The summed E-state index contributed by atoms with van der Waals surface area (Å²) in [5.74, 6) is -0.370. The highest BCUT2D eigenvalue weighted by Gasteiger charge is 2.23. The molecule has 3 N–H and O–H groups in total. The predicted molar refractivity (Wildman–Crippen MR) is 72.2 cm³/mol. The van der Waals surface area contributed by atoms with E-state index in [1.165, 1.54) is 24.3 Å². The molecule has 1 aromatic carbocycles. The highest BCUT2D eigenvalue weighted by Crippen LogP contribution is 2.19. The van der Waals surface area contributed by atoms with Crippen LogP contribution in [-0.4, -0.2) is 23.7 Å². The average molecular weight is 266 g/mol. The van der Waals surface area contributed by atoms with E-state index in [1.807, 2.05) is 0 Å². The van der Waals surface area contributed by atoms with Crippen LogP contribution in [0.4, 0.5) is 9.18 Å². The van der Waals surface area contributed by atoms with E-state index in [0.29, 0.717) is 5.56 Å². The Morgan fingerprint density at radius 2 is 2.11 bits per heavy atom. The van der Waals surface area contributed by atoms with Crippen LogP contribution < -0.4 is 10.6 Å². The maximum Gasteiger partial charge on any atom is 0.315 e. The van der Waals surface area contributed by atoms with E-state index in [9.17, 15) is 14.3 Å². The van der Waals surface area contributed by atoms with Crippen LogP contribution in [-0.2, 0) is 5.60 Å². The molecule has 0 saturated heterocycles. The number of nitrogens with one attached hydrogen (secondary N) is 2. The average Bonchev–Trinajstić information content (AvgIpc) is 2.37. The minimum Gasteiger partial charge on any atom is -0.384 e. The molecule has 1 rings (SSSR count). The first kappa shape index (κ1) is 15.2. The monoisotopic (exact) mass is 266 g/mol. The summed E-state index contributed by atoms with van der Waals surface area (Å²) in [7, 11) is 0. The quantitative estimate of drug-likeness (QED) is 0.713. The Kier molecular flexibility index (Phi) is 5.06. The number of hydrogen-bond acceptors (Lipinski definition) is 2. The van der Waals surface area contributed by atoms with Crippen LogP contribution in [0.2, 0.25) is 0 Å². The van der Waals surface area contributed by atoms with Gasteiger partial charge in [0.05, 0.1) is 6.54 Å². The summed E-state index contributed by atoms with van der Waals surface area (Å²) < 4.78 is 12.8. The fraction of sp³-hybridized carbons (Fsp3) is 0.357. The first-order valence-electron chi connectivity index (χ1n) is 6.00. The number of aliphatic hydroxyl groups is 1. The van der Waals surface area contributed by atoms with E-state index in [0.717, 1.165) is 0 Å². The third-order valence-corrected chi connectivity index (χ3v) is 2.77. The molecule has 0 unspecified atom stereocenters. The van der Waals surface area contributed by atoms with Gasteiger partial charge in [0.1, 0.15) is 11.4 Å². The van der Waals surface area contributed by atoms with Crippen LogP contribution in [0.3, 0.4) is 0 Å². The molecule has 0 spiro atoms. The summed E-state index contributed by atoms with van der Waals surface area (Å²) in [5, 5.41) is 15.4. The summed E-state index contributed by atoms with van der Waals surface area (Å²) in [6.07, 6.45) is 1.59. The Balaban J connectivity index is 2.57. The summed E-state index contributed by atoms with van der Waals surface area (Å²) in [5.41, 5.74) is -0.728. The lowest BCUT2D eigenvalue weighted by Crippen LogP contribution is -2.45. The van der Waals surface area contributed by atoms with Gasteiger partial charge in [0.2, 0.25) is 0 Å². The molecule has 0 aromatic heterocycles. The second-order valence-electron chi connectivity index (χ2n) is 4.63. The molecule has 0 saturated carbocycles. The van der Waals surface area contributed by atoms with Crippen molar-refractivity contribution in [1.29, 1.82) is 0 Å². The molecule has 0 bridgehead atoms. The molecular weight excluding hydrogens is 247 g/mol. The first-order valence-corrected chi connectivity index (χ1v) is 6.00. The smallest absolute Gasteiger partial charge is 0.315 e. The van der Waals surface area contributed by atoms with Gasteiger partial charge in [0, 0.05) is 6.04 Å². The van der Waals surface area contributed by atoms with Gasteiger partial charge >= 0.3 is 6.03 Å². The van der Waals surface area contributed by atoms with Gasteiger partial charge < -0.3 is 15.7 Å². The molecule has 19 heavy (non-hydrogen) atoms. The minimum absolute atomic E-state index is 0.0222. The molecule has 5 heteroatoms. The van der Waals surface area contributed by atoms with Gasteiger partial charge in [-0.3, -0.25) is 0 Å². The molecule has 4 nitrogen and oxygen atoms in total. The number of rotatable bonds is 5. The van der Waals surface area contributed by atoms with E-state index in [2.05, 4.69) is 17.2 Å². The molecule has 0 heterocycles. The van der Waals surface area contributed by atoms with Crippen molar-refractivity contribution in [1.82, 2.24) is 10.6 Å². The normalized spacial score (nSPS) is 15.2. The predicted octanol–water partition coefficient (Wildman–Crippen LogP) is 1.91. The number of amides is 2. The molecule has 2 atom stereocenters. The van der Waals surface area contributed by atoms with E-state index in [1.54, 1.807) is 19.9 Å². The molecule has 104 valence electrons. The largest absolute Gasteiger partial charge is 0.384 e. The lowest BCUT2D eigenvalue weighted by Gasteiger charge is -2.24. The standard InChI is InChI=1S/C14H19FN2O2/c1-4-10(2)17-13(18)16-9-14(3,19)11-5-7-12(15)8-6-11/h4-8,10,19H,1,9H2,2-3H3,(H2,16,17,18)/t10-,14-/m0/s1. The fourth-order valence-corrected chi connectivity index (χ4v) is 1.48. The van der Waals surface area contributed by atoms with Crippen LogP contribution in [0.5, 0.6) is 0 Å². The van der Waals surface area contributed by atoms with Crippen molar-refractivity contribution in [2.45, 2.75) is 25.5 Å². The van der Waals surface area contributed by atoms with Gasteiger partial charge in [-0.1, -0.05) is 18.2 Å². The number of carbonyl (C=O) groups excluding carboxylic acids is 1. The SMILES string of the molecule is C=C[C@H](C)NC(=O)NC[C@](C)(O)c1ccc(F)cc1. The molecule has 0 aliphatic carbocycles. The lowest BCUT2D eigenvalue weighted by atomic mass is 9.96. The molecular formula is C14H19FN2O2. The summed E-state index contributed by atoms with van der Waals surface area (Å²) in [6, 6.07) is 4.96. The van der Waals surface area contributed by atoms with Gasteiger partial charge in [-0.2, -0.15) is 0 Å². The lowest BCUT2D eigenvalue weighted by molar-refractivity contribution is 0.0593. The third-order valence-electron chi connectivity index (χ3n) is 2.77. The Hall–Kier alpha value is -1.88. The van der Waals surface area contributed by atoms with E-state index in [-0.39, 0.29) is 18.4 Å². The van der Waals surface area contributed by atoms with Crippen molar-refractivity contribution in [3.8, 4) is 0 Å². The topological polar surface area (TPSA) is 61.4 Å². The summed E-state index contributed by atoms with van der Waals surface area (Å²) >= 11 is 0. The fourth-order valence-electron chi connectivity index (χ4n) is 1.48. The second kappa shape index (κ2) is 6.33. The Morgan fingerprint density at radius 1 is 1.53 bits per heavy atom. The van der Waals surface area contributed by atoms with Crippen molar-refractivity contribution >= 4 is 6.03 Å². The maximum absolute atomic E-state index is 12.8. The van der Waals surface area contributed by atoms with Crippen molar-refractivity contribution in [3.63, 3.8) is 0 Å². The maximum atomic E-state index is 12.8. The zero-order chi connectivity index (χ0) is 14.5. The van der Waals surface area contributed by atoms with Crippen molar-refractivity contribution < 1.29 is 14.3 Å². The van der Waals surface area contributed by atoms with Crippen LogP contribution in [0.1, 0.15) is 19.4 Å². The van der Waals surface area contributed by atoms with Crippen LogP contribution in [0.15, 0.2) is 36.9 Å². The zero-order valence-electron chi connectivity index (χ0n) is 11.1. The molecule has 1 aromatic rings. The van der Waals surface area contributed by atoms with Crippen molar-refractivity contribution in [2.75, 3.05) is 6.54 Å². The van der Waals surface area contributed by atoms with Crippen LogP contribution in [0.25, 0.3) is 0 Å². The molecule has 0 aliphatic heterocycles. The third kappa shape index (κ3) is 4.71. The number of urea groups is 1. The van der Waals surface area contributed by atoms with Crippen LogP contribution >= 0.6 is 0 Å². The van der Waals surface area contributed by atoms with Gasteiger partial charge in [0.25, 0.3) is 0 Å². The summed E-state index contributed by atoms with van der Waals surface area (Å²) in [4.78, 5) is 11.5. The van der Waals surface area contributed by atoms with E-state index in [4.69, 9.17) is 0 Å². The number of hydrogen-bond donors (Lipinski definition) is 3. The molecule has 2 amide bonds. The van der Waals surface area contributed by atoms with E-state index >= 15 is 0 Å². The number of benzene rings is 1. The highest BCUT2D eigenvalue weighted by atomic mass is 19.1. The number of carbonyl (C=O) groups is 1. The van der Waals surface area contributed by atoms with Crippen molar-refractivity contribution in [3.05, 3.63) is 48.3 Å². The Bertz CT molecular complexity index is 443.